The van der Waals surface area contributed by atoms with Gasteiger partial charge in [-0.15, -0.1) is 15.0 Å². The van der Waals surface area contributed by atoms with Gasteiger partial charge in [-0.2, -0.15) is 0 Å². The molecule has 124 valence electrons. The standard InChI is InChI=1S/C19H16N4O2/c1-11(2)20-16-17(23-21-14-9-5-6-10-15(14)22-23)19(25)13-8-4-3-7-12(13)18(16)24/h3-11,20H,1-2H3. The fourth-order valence-electron chi connectivity index (χ4n) is 2.94. The van der Waals surface area contributed by atoms with Gasteiger partial charge in [0.1, 0.15) is 16.7 Å². The largest absolute Gasteiger partial charge is 0.378 e. The van der Waals surface area contributed by atoms with E-state index in [1.807, 2.05) is 38.1 Å². The van der Waals surface area contributed by atoms with Gasteiger partial charge in [-0.05, 0) is 26.0 Å². The predicted octanol–water partition coefficient (Wildman–Crippen LogP) is 2.68. The summed E-state index contributed by atoms with van der Waals surface area (Å²) in [6, 6.07) is 14.1. The molecule has 0 unspecified atom stereocenters. The molecular formula is C19H16N4O2. The van der Waals surface area contributed by atoms with Gasteiger partial charge in [0.2, 0.25) is 11.6 Å². The van der Waals surface area contributed by atoms with E-state index in [9.17, 15) is 9.59 Å². The molecule has 0 radical (unpaired) electrons. The Morgan fingerprint density at radius 1 is 0.840 bits per heavy atom. The van der Waals surface area contributed by atoms with Crippen molar-refractivity contribution in [2.24, 2.45) is 0 Å². The lowest BCUT2D eigenvalue weighted by Crippen LogP contribution is -2.35. The van der Waals surface area contributed by atoms with Gasteiger partial charge >= 0.3 is 0 Å². The number of rotatable bonds is 3. The van der Waals surface area contributed by atoms with E-state index in [4.69, 9.17) is 0 Å². The average Bonchev–Trinajstić information content (AvgIpc) is 3.02. The first-order valence-electron chi connectivity index (χ1n) is 8.08. The normalized spacial score (nSPS) is 14.4. The van der Waals surface area contributed by atoms with Crippen LogP contribution < -0.4 is 5.32 Å². The highest BCUT2D eigenvalue weighted by Crippen LogP contribution is 2.28. The van der Waals surface area contributed by atoms with E-state index in [0.717, 1.165) is 0 Å². The van der Waals surface area contributed by atoms with Gasteiger partial charge in [-0.25, -0.2) is 0 Å². The lowest BCUT2D eigenvalue weighted by molar-refractivity contribution is 0.0979. The van der Waals surface area contributed by atoms with Crippen LogP contribution in [0.2, 0.25) is 0 Å². The minimum absolute atomic E-state index is 0.0167. The second-order valence-corrected chi connectivity index (χ2v) is 6.20. The van der Waals surface area contributed by atoms with Crippen LogP contribution >= 0.6 is 0 Å². The van der Waals surface area contributed by atoms with Gasteiger partial charge in [-0.1, -0.05) is 36.4 Å². The summed E-state index contributed by atoms with van der Waals surface area (Å²) < 4.78 is 0. The molecule has 1 aromatic heterocycles. The Hall–Kier alpha value is -3.28. The van der Waals surface area contributed by atoms with E-state index in [0.29, 0.717) is 22.2 Å². The molecule has 1 N–H and O–H groups in total. The van der Waals surface area contributed by atoms with Gasteiger partial charge in [0.15, 0.2) is 5.70 Å². The van der Waals surface area contributed by atoms with Gasteiger partial charge in [0.05, 0.1) is 0 Å². The minimum Gasteiger partial charge on any atom is -0.378 e. The number of carbonyl (C=O) groups is 2. The highest BCUT2D eigenvalue weighted by atomic mass is 16.1. The number of allylic oxidation sites excluding steroid dienone is 2. The summed E-state index contributed by atoms with van der Waals surface area (Å²) >= 11 is 0. The number of benzene rings is 2. The molecule has 3 aromatic rings. The highest BCUT2D eigenvalue weighted by Gasteiger charge is 2.34. The van der Waals surface area contributed by atoms with E-state index in [1.54, 1.807) is 24.3 Å². The van der Waals surface area contributed by atoms with Crippen LogP contribution in [-0.2, 0) is 0 Å². The monoisotopic (exact) mass is 332 g/mol. The van der Waals surface area contributed by atoms with E-state index >= 15 is 0 Å². The fourth-order valence-corrected chi connectivity index (χ4v) is 2.94. The lowest BCUT2D eigenvalue weighted by Gasteiger charge is -2.22. The zero-order valence-corrected chi connectivity index (χ0v) is 13.9. The molecule has 2 aromatic carbocycles. The molecule has 0 atom stereocenters. The average molecular weight is 332 g/mol. The first-order chi connectivity index (χ1) is 12.1. The van der Waals surface area contributed by atoms with Crippen LogP contribution in [0.15, 0.2) is 54.2 Å². The van der Waals surface area contributed by atoms with Crippen LogP contribution in [0.5, 0.6) is 0 Å². The summed E-state index contributed by atoms with van der Waals surface area (Å²) in [4.78, 5) is 27.3. The second kappa shape index (κ2) is 5.66. The maximum atomic E-state index is 13.1. The number of hydrogen-bond acceptors (Lipinski definition) is 5. The Morgan fingerprint density at radius 3 is 1.92 bits per heavy atom. The minimum atomic E-state index is -0.265. The van der Waals surface area contributed by atoms with Crippen molar-refractivity contribution in [3.8, 4) is 0 Å². The van der Waals surface area contributed by atoms with Crippen LogP contribution in [-0.4, -0.2) is 32.6 Å². The molecule has 4 rings (SSSR count). The Labute approximate surface area is 144 Å². The Kier molecular flexibility index (Phi) is 3.46. The summed E-state index contributed by atoms with van der Waals surface area (Å²) in [5, 5.41) is 11.9. The molecule has 6 nitrogen and oxygen atoms in total. The number of Topliss-reactive ketones (excluding diaryl/α,β-unsaturated/α-hetero) is 2. The van der Waals surface area contributed by atoms with E-state index in [2.05, 4.69) is 15.5 Å². The fraction of sp³-hybridized carbons (Fsp3) is 0.158. The maximum absolute atomic E-state index is 13.1. The number of fused-ring (bicyclic) bond motifs is 2. The molecule has 0 aliphatic heterocycles. The third-order valence-corrected chi connectivity index (χ3v) is 4.01. The molecule has 1 aliphatic carbocycles. The third kappa shape index (κ3) is 2.42. The van der Waals surface area contributed by atoms with Crippen molar-refractivity contribution in [3.05, 3.63) is 65.4 Å². The van der Waals surface area contributed by atoms with Crippen molar-refractivity contribution in [1.82, 2.24) is 20.3 Å². The van der Waals surface area contributed by atoms with Crippen LogP contribution in [0, 0.1) is 0 Å². The van der Waals surface area contributed by atoms with E-state index < -0.39 is 0 Å². The van der Waals surface area contributed by atoms with Gasteiger partial charge in [0, 0.05) is 17.2 Å². The smallest absolute Gasteiger partial charge is 0.216 e. The molecule has 0 spiro atoms. The summed E-state index contributed by atoms with van der Waals surface area (Å²) in [5.74, 6) is -0.487. The van der Waals surface area contributed by atoms with Crippen molar-refractivity contribution in [2.45, 2.75) is 19.9 Å². The topological polar surface area (TPSA) is 76.9 Å². The molecule has 0 saturated carbocycles. The summed E-state index contributed by atoms with van der Waals surface area (Å²) in [6.07, 6.45) is 0. The molecule has 0 saturated heterocycles. The van der Waals surface area contributed by atoms with Crippen molar-refractivity contribution in [2.75, 3.05) is 0 Å². The first kappa shape index (κ1) is 15.3. The van der Waals surface area contributed by atoms with Crippen molar-refractivity contribution in [1.29, 1.82) is 0 Å². The number of ketones is 2. The van der Waals surface area contributed by atoms with Gasteiger partial charge in [0.25, 0.3) is 0 Å². The Bertz CT molecular complexity index is 1010. The van der Waals surface area contributed by atoms with Crippen LogP contribution in [0.4, 0.5) is 0 Å². The zero-order chi connectivity index (χ0) is 17.6. The number of hydrogen-bond donors (Lipinski definition) is 1. The number of carbonyl (C=O) groups excluding carboxylic acids is 2. The molecular weight excluding hydrogens is 316 g/mol. The summed E-state index contributed by atoms with van der Waals surface area (Å²) in [7, 11) is 0. The van der Waals surface area contributed by atoms with E-state index in [1.165, 1.54) is 4.80 Å². The SMILES string of the molecule is CC(C)NC1=C(n2nc3ccccc3n2)C(=O)c2ccccc2C1=O. The van der Waals surface area contributed by atoms with Crippen molar-refractivity contribution in [3.63, 3.8) is 0 Å². The molecule has 25 heavy (non-hydrogen) atoms. The zero-order valence-electron chi connectivity index (χ0n) is 13.9. The van der Waals surface area contributed by atoms with Crippen LogP contribution in [0.3, 0.4) is 0 Å². The molecule has 1 heterocycles. The predicted molar refractivity (Wildman–Crippen MR) is 94.1 cm³/mol. The molecule has 0 amide bonds. The summed E-state index contributed by atoms with van der Waals surface area (Å²) in [6.45, 7) is 3.83. The Balaban J connectivity index is 1.97. The first-order valence-corrected chi connectivity index (χ1v) is 8.08. The van der Waals surface area contributed by atoms with Gasteiger partial charge < -0.3 is 5.32 Å². The molecule has 6 heteroatoms. The quantitative estimate of drug-likeness (QED) is 0.798. The second-order valence-electron chi connectivity index (χ2n) is 6.20. The maximum Gasteiger partial charge on any atom is 0.216 e. The van der Waals surface area contributed by atoms with Crippen molar-refractivity contribution >= 4 is 28.3 Å². The van der Waals surface area contributed by atoms with Gasteiger partial charge in [-0.3, -0.25) is 9.59 Å². The number of aromatic nitrogens is 3. The molecule has 1 aliphatic rings. The third-order valence-electron chi connectivity index (χ3n) is 4.01. The number of nitrogens with one attached hydrogen (secondary N) is 1. The van der Waals surface area contributed by atoms with Crippen LogP contribution in [0.1, 0.15) is 34.6 Å². The van der Waals surface area contributed by atoms with Crippen LogP contribution in [0.25, 0.3) is 16.7 Å². The number of nitrogens with zero attached hydrogens (tertiary/aromatic N) is 3. The van der Waals surface area contributed by atoms with Crippen molar-refractivity contribution < 1.29 is 9.59 Å². The summed E-state index contributed by atoms with van der Waals surface area (Å²) in [5.41, 5.74) is 2.50. The Morgan fingerprint density at radius 2 is 1.36 bits per heavy atom. The lowest BCUT2D eigenvalue weighted by atomic mass is 9.90. The molecule has 0 bridgehead atoms. The molecule has 0 fully saturated rings. The highest BCUT2D eigenvalue weighted by molar-refractivity contribution is 6.37. The van der Waals surface area contributed by atoms with E-state index in [-0.39, 0.29) is 29.0 Å².